The van der Waals surface area contributed by atoms with Crippen LogP contribution in [0.1, 0.15) is 21.5 Å². The molecule has 0 aliphatic carbocycles. The number of benzene rings is 3. The first-order valence-corrected chi connectivity index (χ1v) is 8.37. The average Bonchev–Trinajstić information content (AvgIpc) is 3.13. The van der Waals surface area contributed by atoms with Crippen molar-refractivity contribution in [3.8, 4) is 28.7 Å². The molecule has 3 N–H and O–H groups in total. The van der Waals surface area contributed by atoms with E-state index < -0.39 is 5.97 Å². The second-order valence-corrected chi connectivity index (χ2v) is 6.11. The molecule has 1 heterocycles. The van der Waals surface area contributed by atoms with E-state index in [4.69, 9.17) is 0 Å². The average molecular weight is 353 g/mol. The molecule has 0 bridgehead atoms. The highest BCUT2D eigenvalue weighted by atomic mass is 16.4. The van der Waals surface area contributed by atoms with Crippen LogP contribution in [0.4, 0.5) is 0 Å². The minimum atomic E-state index is -1.000. The van der Waals surface area contributed by atoms with Crippen LogP contribution in [0.2, 0.25) is 0 Å². The number of hydrogen-bond acceptors (Lipinski definition) is 2. The Bertz CT molecular complexity index is 1230. The predicted octanol–water partition coefficient (Wildman–Crippen LogP) is 4.64. The van der Waals surface area contributed by atoms with E-state index in [-0.39, 0.29) is 11.3 Å². The van der Waals surface area contributed by atoms with Gasteiger partial charge in [0.2, 0.25) is 0 Å². The van der Waals surface area contributed by atoms with Gasteiger partial charge in [0.15, 0.2) is 0 Å². The Balaban J connectivity index is 1.90. The summed E-state index contributed by atoms with van der Waals surface area (Å²) in [6.45, 7) is 0. The van der Waals surface area contributed by atoms with Crippen LogP contribution in [-0.4, -0.2) is 21.2 Å². The lowest BCUT2D eigenvalue weighted by molar-refractivity contribution is 0.0697. The maximum Gasteiger partial charge on any atom is 0.336 e. The van der Waals surface area contributed by atoms with Crippen molar-refractivity contribution in [1.82, 2.24) is 4.98 Å². The number of nitrogens with one attached hydrogen (secondary N) is 1. The first kappa shape index (κ1) is 16.5. The molecule has 27 heavy (non-hydrogen) atoms. The minimum absolute atomic E-state index is 0.138. The van der Waals surface area contributed by atoms with E-state index in [2.05, 4.69) is 16.8 Å². The zero-order valence-electron chi connectivity index (χ0n) is 14.2. The van der Waals surface area contributed by atoms with E-state index in [0.29, 0.717) is 16.7 Å². The first-order chi connectivity index (χ1) is 13.1. The Labute approximate surface area is 155 Å². The largest absolute Gasteiger partial charge is 0.508 e. The number of phenolic OH excluding ortho intramolecular Hbond substituents is 1. The molecule has 0 spiro atoms. The van der Waals surface area contributed by atoms with Gasteiger partial charge in [-0.25, -0.2) is 4.79 Å². The molecule has 1 aromatic heterocycles. The highest BCUT2D eigenvalue weighted by Crippen LogP contribution is 2.30. The molecule has 0 saturated heterocycles. The SMILES string of the molecule is O=C(O)c1cccc(C#Cc2cccc(O)c2)c1-c1ccc2[nH]ccc2c1. The molecule has 4 rings (SSSR count). The molecular weight excluding hydrogens is 338 g/mol. The van der Waals surface area contributed by atoms with Crippen molar-refractivity contribution < 1.29 is 15.0 Å². The molecule has 3 aromatic carbocycles. The molecule has 4 nitrogen and oxygen atoms in total. The predicted molar refractivity (Wildman–Crippen MR) is 105 cm³/mol. The van der Waals surface area contributed by atoms with Crippen molar-refractivity contribution in [2.75, 3.05) is 0 Å². The normalized spacial score (nSPS) is 10.4. The summed E-state index contributed by atoms with van der Waals surface area (Å²) in [6, 6.07) is 19.4. The van der Waals surface area contributed by atoms with Crippen molar-refractivity contribution in [2.45, 2.75) is 0 Å². The minimum Gasteiger partial charge on any atom is -0.508 e. The van der Waals surface area contributed by atoms with Gasteiger partial charge in [0.05, 0.1) is 5.56 Å². The summed E-state index contributed by atoms with van der Waals surface area (Å²) < 4.78 is 0. The van der Waals surface area contributed by atoms with Crippen molar-refractivity contribution >= 4 is 16.9 Å². The molecule has 0 unspecified atom stereocenters. The van der Waals surface area contributed by atoms with E-state index in [1.54, 1.807) is 42.5 Å². The van der Waals surface area contributed by atoms with Gasteiger partial charge in [0.25, 0.3) is 0 Å². The molecule has 4 aromatic rings. The summed E-state index contributed by atoms with van der Waals surface area (Å²) in [7, 11) is 0. The number of fused-ring (bicyclic) bond motifs is 1. The van der Waals surface area contributed by atoms with E-state index in [9.17, 15) is 15.0 Å². The van der Waals surface area contributed by atoms with Gasteiger partial charge < -0.3 is 15.2 Å². The van der Waals surface area contributed by atoms with Crippen LogP contribution in [0.5, 0.6) is 5.75 Å². The smallest absolute Gasteiger partial charge is 0.336 e. The summed E-state index contributed by atoms with van der Waals surface area (Å²) in [4.78, 5) is 14.9. The van der Waals surface area contributed by atoms with Crippen molar-refractivity contribution in [1.29, 1.82) is 0 Å². The molecule has 4 heteroatoms. The summed E-state index contributed by atoms with van der Waals surface area (Å²) in [5.74, 6) is 5.20. The summed E-state index contributed by atoms with van der Waals surface area (Å²) >= 11 is 0. The monoisotopic (exact) mass is 353 g/mol. The number of H-pyrrole nitrogens is 1. The Hall–Kier alpha value is -3.97. The van der Waals surface area contributed by atoms with E-state index >= 15 is 0 Å². The molecular formula is C23H15NO3. The number of carboxylic acid groups (broad SMARTS) is 1. The molecule has 130 valence electrons. The van der Waals surface area contributed by atoms with Crippen LogP contribution in [0.15, 0.2) is 72.9 Å². The van der Waals surface area contributed by atoms with Gasteiger partial charge in [-0.3, -0.25) is 0 Å². The second-order valence-electron chi connectivity index (χ2n) is 6.11. The van der Waals surface area contributed by atoms with Crippen LogP contribution in [0.25, 0.3) is 22.0 Å². The Morgan fingerprint density at radius 3 is 2.59 bits per heavy atom. The quantitative estimate of drug-likeness (QED) is 0.460. The fourth-order valence-corrected chi connectivity index (χ4v) is 3.08. The summed E-state index contributed by atoms with van der Waals surface area (Å²) in [5.41, 5.74) is 3.84. The third-order valence-corrected chi connectivity index (χ3v) is 4.32. The van der Waals surface area contributed by atoms with E-state index in [0.717, 1.165) is 16.5 Å². The molecule has 0 aliphatic heterocycles. The number of aromatic hydroxyl groups is 1. The number of hydrogen-bond donors (Lipinski definition) is 3. The standard InChI is InChI=1S/C23H15NO3/c25-19-5-1-3-15(13-19)7-8-16-4-2-6-20(23(26)27)22(16)18-9-10-21-17(14-18)11-12-24-21/h1-6,9-14,24-25H,(H,26,27). The van der Waals surface area contributed by atoms with Gasteiger partial charge in [-0.05, 0) is 59.5 Å². The lowest BCUT2D eigenvalue weighted by Gasteiger charge is -2.10. The van der Waals surface area contributed by atoms with Gasteiger partial charge in [-0.2, -0.15) is 0 Å². The number of rotatable bonds is 2. The topological polar surface area (TPSA) is 73.3 Å². The zero-order chi connectivity index (χ0) is 18.8. The summed E-state index contributed by atoms with van der Waals surface area (Å²) in [6.07, 6.45) is 1.85. The molecule has 0 atom stereocenters. The molecule has 0 radical (unpaired) electrons. The number of carboxylic acids is 1. The van der Waals surface area contributed by atoms with Crippen molar-refractivity contribution in [3.05, 3.63) is 89.6 Å². The molecule has 0 saturated carbocycles. The molecule has 0 aliphatic rings. The maximum atomic E-state index is 11.8. The highest BCUT2D eigenvalue weighted by Gasteiger charge is 2.15. The van der Waals surface area contributed by atoms with Gasteiger partial charge >= 0.3 is 5.97 Å². The maximum absolute atomic E-state index is 11.8. The van der Waals surface area contributed by atoms with E-state index in [1.807, 2.05) is 30.5 Å². The third kappa shape index (κ3) is 3.26. The van der Waals surface area contributed by atoms with Crippen molar-refractivity contribution in [2.24, 2.45) is 0 Å². The fourth-order valence-electron chi connectivity index (χ4n) is 3.08. The number of aromatic carboxylic acids is 1. The second kappa shape index (κ2) is 6.74. The van der Waals surface area contributed by atoms with Gasteiger partial charge in [-0.1, -0.05) is 30.0 Å². The van der Waals surface area contributed by atoms with Gasteiger partial charge in [-0.15, -0.1) is 0 Å². The van der Waals surface area contributed by atoms with Crippen LogP contribution in [0.3, 0.4) is 0 Å². The van der Waals surface area contributed by atoms with Gasteiger partial charge in [0.1, 0.15) is 5.75 Å². The number of phenols is 1. The van der Waals surface area contributed by atoms with Crippen LogP contribution < -0.4 is 0 Å². The zero-order valence-corrected chi connectivity index (χ0v) is 14.2. The van der Waals surface area contributed by atoms with Crippen LogP contribution in [0, 0.1) is 11.8 Å². The highest BCUT2D eigenvalue weighted by molar-refractivity contribution is 5.99. The summed E-state index contributed by atoms with van der Waals surface area (Å²) in [5, 5.41) is 20.3. The number of carbonyl (C=O) groups is 1. The third-order valence-electron chi connectivity index (χ3n) is 4.32. The molecule has 0 amide bonds. The van der Waals surface area contributed by atoms with E-state index in [1.165, 1.54) is 0 Å². The lowest BCUT2D eigenvalue weighted by Crippen LogP contribution is -2.01. The number of aromatic nitrogens is 1. The fraction of sp³-hybridized carbons (Fsp3) is 0. The number of aromatic amines is 1. The first-order valence-electron chi connectivity index (χ1n) is 8.37. The lowest BCUT2D eigenvalue weighted by atomic mass is 9.93. The van der Waals surface area contributed by atoms with Crippen molar-refractivity contribution in [3.63, 3.8) is 0 Å². The van der Waals surface area contributed by atoms with Crippen LogP contribution in [-0.2, 0) is 0 Å². The Kier molecular flexibility index (Phi) is 4.12. The Morgan fingerprint density at radius 2 is 1.78 bits per heavy atom. The molecule has 0 fully saturated rings. The van der Waals surface area contributed by atoms with Crippen LogP contribution >= 0.6 is 0 Å². The Morgan fingerprint density at radius 1 is 0.926 bits per heavy atom. The van der Waals surface area contributed by atoms with Gasteiger partial charge in [0, 0.05) is 28.4 Å².